The van der Waals surface area contributed by atoms with Crippen molar-refractivity contribution in [3.05, 3.63) is 29.8 Å². The van der Waals surface area contributed by atoms with Gasteiger partial charge >= 0.3 is 0 Å². The number of thiazole rings is 1. The van der Waals surface area contributed by atoms with Crippen LogP contribution in [0.5, 0.6) is 0 Å². The molecule has 1 aromatic heterocycles. The Kier molecular flexibility index (Phi) is 6.68. The molecule has 1 aliphatic heterocycles. The molecule has 0 spiro atoms. The Morgan fingerprint density at radius 3 is 2.16 bits per heavy atom. The van der Waals surface area contributed by atoms with Gasteiger partial charge in [-0.25, -0.2) is 21.8 Å². The van der Waals surface area contributed by atoms with Gasteiger partial charge in [-0.2, -0.15) is 0 Å². The predicted molar refractivity (Wildman–Crippen MR) is 125 cm³/mol. The second kappa shape index (κ2) is 9.04. The van der Waals surface area contributed by atoms with Crippen molar-refractivity contribution in [2.45, 2.75) is 84.6 Å². The van der Waals surface area contributed by atoms with Crippen LogP contribution in [0, 0.1) is 6.92 Å². The minimum Gasteiger partial charge on any atom is -0.372 e. The van der Waals surface area contributed by atoms with Crippen molar-refractivity contribution < 1.29 is 21.6 Å². The van der Waals surface area contributed by atoms with Crippen LogP contribution in [0.25, 0.3) is 0 Å². The van der Waals surface area contributed by atoms with E-state index in [9.17, 15) is 16.8 Å². The van der Waals surface area contributed by atoms with Crippen molar-refractivity contribution in [1.82, 2.24) is 4.98 Å². The lowest BCUT2D eigenvalue weighted by molar-refractivity contribution is -0.00517. The Morgan fingerprint density at radius 1 is 0.969 bits per heavy atom. The fourth-order valence-electron chi connectivity index (χ4n) is 4.47. The summed E-state index contributed by atoms with van der Waals surface area (Å²) in [5.41, 5.74) is 0.943. The van der Waals surface area contributed by atoms with E-state index in [1.165, 1.54) is 0 Å². The summed E-state index contributed by atoms with van der Waals surface area (Å²) in [6, 6.07) is 6.57. The van der Waals surface area contributed by atoms with Gasteiger partial charge in [-0.15, -0.1) is 0 Å². The number of hydrogen-bond donors (Lipinski definition) is 0. The Labute approximate surface area is 194 Å². The summed E-state index contributed by atoms with van der Waals surface area (Å²) in [5.74, 6) is 0. The largest absolute Gasteiger partial charge is 0.372 e. The van der Waals surface area contributed by atoms with Crippen LogP contribution in [-0.2, 0) is 24.4 Å². The van der Waals surface area contributed by atoms with E-state index >= 15 is 0 Å². The van der Waals surface area contributed by atoms with E-state index in [1.807, 2.05) is 25.7 Å². The Morgan fingerprint density at radius 2 is 1.56 bits per heavy atom. The van der Waals surface area contributed by atoms with Gasteiger partial charge < -0.3 is 9.64 Å². The number of ether oxygens (including phenoxy) is 1. The zero-order valence-electron chi connectivity index (χ0n) is 18.7. The van der Waals surface area contributed by atoms with Crippen molar-refractivity contribution in [3.8, 4) is 0 Å². The summed E-state index contributed by atoms with van der Waals surface area (Å²) in [6.07, 6.45) is 3.77. The van der Waals surface area contributed by atoms with Crippen LogP contribution < -0.4 is 4.90 Å². The summed E-state index contributed by atoms with van der Waals surface area (Å²) in [5, 5.41) is -0.267. The van der Waals surface area contributed by atoms with E-state index in [0.29, 0.717) is 30.9 Å². The van der Waals surface area contributed by atoms with Gasteiger partial charge in [0.1, 0.15) is 5.00 Å². The molecule has 2 heterocycles. The normalized spacial score (nSPS) is 23.4. The third-order valence-electron chi connectivity index (χ3n) is 6.09. The van der Waals surface area contributed by atoms with Gasteiger partial charge in [-0.1, -0.05) is 48.3 Å². The van der Waals surface area contributed by atoms with E-state index in [0.717, 1.165) is 36.2 Å². The first-order chi connectivity index (χ1) is 15.1. The smallest absolute Gasteiger partial charge is 0.226 e. The molecule has 2 aromatic rings. The lowest BCUT2D eigenvalue weighted by Gasteiger charge is -2.36. The zero-order chi connectivity index (χ0) is 23.1. The summed E-state index contributed by atoms with van der Waals surface area (Å²) < 4.78 is 59.6. The highest BCUT2D eigenvalue weighted by Gasteiger charge is 2.38. The van der Waals surface area contributed by atoms with Crippen LogP contribution in [0.15, 0.2) is 38.5 Å². The first-order valence-corrected chi connectivity index (χ1v) is 14.9. The monoisotopic (exact) mass is 498 g/mol. The van der Waals surface area contributed by atoms with E-state index in [-0.39, 0.29) is 26.5 Å². The molecule has 1 aliphatic carbocycles. The topological polar surface area (TPSA) is 93.6 Å². The van der Waals surface area contributed by atoms with Gasteiger partial charge in [0.15, 0.2) is 5.03 Å². The van der Waals surface area contributed by atoms with Gasteiger partial charge in [0.2, 0.25) is 24.0 Å². The quantitative estimate of drug-likeness (QED) is 0.615. The van der Waals surface area contributed by atoms with Gasteiger partial charge in [0.05, 0.1) is 22.4 Å². The van der Waals surface area contributed by atoms with Crippen LogP contribution in [0.1, 0.15) is 51.5 Å². The maximum atomic E-state index is 13.6. The number of benzene rings is 1. The SMILES string of the molecule is Cc1ccc(S(=O)(=O)c2nc(S(=O)(=O)C3CCCCC3)sc2N2C[C@@H](C)O[C@@H](C)C2)cc1. The lowest BCUT2D eigenvalue weighted by Crippen LogP contribution is -2.45. The highest BCUT2D eigenvalue weighted by atomic mass is 32.2. The fraction of sp³-hybridized carbons (Fsp3) is 0.591. The van der Waals surface area contributed by atoms with Gasteiger partial charge in [-0.3, -0.25) is 0 Å². The second-order valence-corrected chi connectivity index (χ2v) is 14.1. The molecule has 0 radical (unpaired) electrons. The first-order valence-electron chi connectivity index (χ1n) is 11.1. The van der Waals surface area contributed by atoms with Gasteiger partial charge in [0, 0.05) is 13.1 Å². The maximum absolute atomic E-state index is 13.6. The molecule has 0 unspecified atom stereocenters. The molecule has 10 heteroatoms. The number of anilines is 1. The highest BCUT2D eigenvalue weighted by molar-refractivity contribution is 7.94. The molecular weight excluding hydrogens is 468 g/mol. The van der Waals surface area contributed by atoms with E-state index in [4.69, 9.17) is 4.74 Å². The van der Waals surface area contributed by atoms with Crippen LogP contribution in [0.3, 0.4) is 0 Å². The molecule has 0 N–H and O–H groups in total. The molecule has 1 aromatic carbocycles. The average molecular weight is 499 g/mol. The summed E-state index contributed by atoms with van der Waals surface area (Å²) >= 11 is 0.988. The summed E-state index contributed by atoms with van der Waals surface area (Å²) in [6.45, 7) is 6.70. The Hall–Kier alpha value is -1.49. The second-order valence-electron chi connectivity index (χ2n) is 8.87. The molecule has 4 rings (SSSR count). The molecule has 1 saturated carbocycles. The number of nitrogens with zero attached hydrogens (tertiary/aromatic N) is 2. The van der Waals surface area contributed by atoms with Crippen LogP contribution in [0.2, 0.25) is 0 Å². The maximum Gasteiger partial charge on any atom is 0.226 e. The number of morpholine rings is 1. The van der Waals surface area contributed by atoms with E-state index < -0.39 is 24.9 Å². The first kappa shape index (κ1) is 23.7. The van der Waals surface area contributed by atoms with Crippen LogP contribution >= 0.6 is 11.3 Å². The Bertz CT molecular complexity index is 1160. The molecule has 32 heavy (non-hydrogen) atoms. The molecule has 0 amide bonds. The highest BCUT2D eigenvalue weighted by Crippen LogP contribution is 2.40. The number of aryl methyl sites for hydroxylation is 1. The summed E-state index contributed by atoms with van der Waals surface area (Å²) in [4.78, 5) is 6.34. The van der Waals surface area contributed by atoms with Crippen molar-refractivity contribution in [1.29, 1.82) is 0 Å². The number of hydrogen-bond acceptors (Lipinski definition) is 8. The standard InChI is InChI=1S/C22H30N2O5S3/c1-15-9-11-19(12-10-15)31(25,26)20-21(24-13-16(2)29-17(3)14-24)30-22(23-20)32(27,28)18-7-5-4-6-8-18/h9-12,16-18H,4-8,13-14H2,1-3H3/t16-,17+. The third-order valence-corrected chi connectivity index (χ3v) is 11.7. The third kappa shape index (κ3) is 4.60. The number of rotatable bonds is 5. The number of sulfone groups is 2. The van der Waals surface area contributed by atoms with Crippen LogP contribution in [0.4, 0.5) is 5.00 Å². The van der Waals surface area contributed by atoms with Crippen molar-refractivity contribution in [3.63, 3.8) is 0 Å². The van der Waals surface area contributed by atoms with Crippen molar-refractivity contribution in [2.75, 3.05) is 18.0 Å². The molecule has 2 fully saturated rings. The molecular formula is C22H30N2O5S3. The molecule has 1 saturated heterocycles. The van der Waals surface area contributed by atoms with E-state index in [1.54, 1.807) is 24.3 Å². The summed E-state index contributed by atoms with van der Waals surface area (Å²) in [7, 11) is -7.68. The molecule has 2 atom stereocenters. The van der Waals surface area contributed by atoms with Gasteiger partial charge in [-0.05, 0) is 45.7 Å². The number of aromatic nitrogens is 1. The molecule has 7 nitrogen and oxygen atoms in total. The Balaban J connectivity index is 1.83. The molecule has 2 aliphatic rings. The van der Waals surface area contributed by atoms with Crippen molar-refractivity contribution in [2.24, 2.45) is 0 Å². The molecule has 176 valence electrons. The zero-order valence-corrected chi connectivity index (χ0v) is 21.1. The van der Waals surface area contributed by atoms with Gasteiger partial charge in [0.25, 0.3) is 0 Å². The predicted octanol–water partition coefficient (Wildman–Crippen LogP) is 4.00. The molecule has 0 bridgehead atoms. The lowest BCUT2D eigenvalue weighted by atomic mass is 10.0. The minimum atomic E-state index is -3.99. The van der Waals surface area contributed by atoms with Crippen LogP contribution in [-0.4, -0.2) is 52.4 Å². The van der Waals surface area contributed by atoms with E-state index in [2.05, 4.69) is 4.98 Å². The fourth-order valence-corrected chi connectivity index (χ4v) is 9.61. The van der Waals surface area contributed by atoms with Crippen molar-refractivity contribution >= 4 is 36.0 Å². The minimum absolute atomic E-state index is 0.0862. The average Bonchev–Trinajstić information content (AvgIpc) is 3.21.